The molecule has 2 rings (SSSR count). The lowest BCUT2D eigenvalue weighted by Crippen LogP contribution is -2.41. The third kappa shape index (κ3) is 5.59. The molecule has 27 heavy (non-hydrogen) atoms. The van der Waals surface area contributed by atoms with Gasteiger partial charge in [-0.3, -0.25) is 4.68 Å². The number of aryl methyl sites for hydroxylation is 1. The Morgan fingerprint density at radius 1 is 1.48 bits per heavy atom. The summed E-state index contributed by atoms with van der Waals surface area (Å²) in [5, 5.41) is 14.0. The van der Waals surface area contributed by atoms with Crippen LogP contribution in [0.15, 0.2) is 42.7 Å². The number of nitrogens with zero attached hydrogens (tertiary/aromatic N) is 2. The van der Waals surface area contributed by atoms with Crippen molar-refractivity contribution >= 4 is 28.9 Å². The predicted octanol–water partition coefficient (Wildman–Crippen LogP) is 3.86. The first-order valence-electron chi connectivity index (χ1n) is 8.36. The van der Waals surface area contributed by atoms with E-state index >= 15 is 0 Å². The molecular weight excluding hydrogens is 386 g/mol. The number of hydrogen-bond acceptors (Lipinski definition) is 4. The van der Waals surface area contributed by atoms with Gasteiger partial charge in [0.2, 0.25) is 0 Å². The summed E-state index contributed by atoms with van der Waals surface area (Å²) >= 11 is 4.80. The molecule has 2 atom stereocenters. The van der Waals surface area contributed by atoms with Crippen LogP contribution in [0.5, 0.6) is 0 Å². The lowest BCUT2D eigenvalue weighted by atomic mass is 9.93. The molecule has 2 N–H and O–H groups in total. The largest absolute Gasteiger partial charge is 0.598 e. The van der Waals surface area contributed by atoms with E-state index in [1.165, 1.54) is 0 Å². The lowest BCUT2D eigenvalue weighted by molar-refractivity contribution is -0.132. The highest BCUT2D eigenvalue weighted by Gasteiger charge is 2.32. The van der Waals surface area contributed by atoms with Crippen LogP contribution >= 0.6 is 11.6 Å². The standard InChI is InChI=1S/C19H24ClN3O3S/c1-12(18(24)25)8-17(22-27(26)19(2,3)4)16-9-14(20)6-7-15(16)13-10-21-23(5)11-13/h6-7,9-11,17,22H,1,8H2,2-5H3,(H,24,25). The molecular formula is C19H24ClN3O3S. The van der Waals surface area contributed by atoms with Gasteiger partial charge in [0.15, 0.2) is 0 Å². The summed E-state index contributed by atoms with van der Waals surface area (Å²) in [5.41, 5.74) is 2.47. The first-order valence-corrected chi connectivity index (χ1v) is 9.89. The van der Waals surface area contributed by atoms with Gasteiger partial charge in [-0.15, -0.1) is 4.72 Å². The zero-order valence-corrected chi connectivity index (χ0v) is 17.4. The third-order valence-electron chi connectivity index (χ3n) is 3.96. The number of carboxylic acid groups (broad SMARTS) is 1. The predicted molar refractivity (Wildman–Crippen MR) is 109 cm³/mol. The molecule has 1 heterocycles. The highest BCUT2D eigenvalue weighted by molar-refractivity contribution is 7.90. The second kappa shape index (κ2) is 8.48. The van der Waals surface area contributed by atoms with Gasteiger partial charge in [0.05, 0.1) is 12.2 Å². The van der Waals surface area contributed by atoms with E-state index in [2.05, 4.69) is 16.4 Å². The maximum Gasteiger partial charge on any atom is 0.331 e. The molecule has 0 amide bonds. The van der Waals surface area contributed by atoms with Crippen molar-refractivity contribution in [3.8, 4) is 11.1 Å². The molecule has 146 valence electrons. The smallest absolute Gasteiger partial charge is 0.331 e. The minimum atomic E-state index is -1.41. The van der Waals surface area contributed by atoms with Crippen molar-refractivity contribution in [3.05, 3.63) is 53.3 Å². The van der Waals surface area contributed by atoms with E-state index in [-0.39, 0.29) is 12.0 Å². The third-order valence-corrected chi connectivity index (χ3v) is 5.81. The molecule has 2 aromatic rings. The fraction of sp³-hybridized carbons (Fsp3) is 0.368. The Bertz CT molecular complexity index is 845. The minimum absolute atomic E-state index is 0.0236. The second-order valence-electron chi connectivity index (χ2n) is 7.30. The van der Waals surface area contributed by atoms with Crippen LogP contribution in [0.3, 0.4) is 0 Å². The topological polar surface area (TPSA) is 90.2 Å². The lowest BCUT2D eigenvalue weighted by Gasteiger charge is -2.29. The van der Waals surface area contributed by atoms with Gasteiger partial charge in [-0.25, -0.2) is 4.79 Å². The van der Waals surface area contributed by atoms with E-state index in [1.807, 2.05) is 40.1 Å². The van der Waals surface area contributed by atoms with Gasteiger partial charge in [-0.2, -0.15) is 5.10 Å². The molecule has 0 fully saturated rings. The summed E-state index contributed by atoms with van der Waals surface area (Å²) in [6, 6.07) is 4.84. The second-order valence-corrected chi connectivity index (χ2v) is 9.73. The molecule has 2 unspecified atom stereocenters. The number of rotatable bonds is 7. The number of nitrogens with one attached hydrogen (secondary N) is 1. The van der Waals surface area contributed by atoms with E-state index in [0.29, 0.717) is 5.02 Å². The highest BCUT2D eigenvalue weighted by atomic mass is 35.5. The normalized spacial score (nSPS) is 14.0. The summed E-state index contributed by atoms with van der Waals surface area (Å²) < 4.78 is 16.9. The molecule has 0 saturated carbocycles. The Morgan fingerprint density at radius 3 is 2.67 bits per heavy atom. The molecule has 8 heteroatoms. The van der Waals surface area contributed by atoms with Crippen molar-refractivity contribution < 1.29 is 14.5 Å². The van der Waals surface area contributed by atoms with Crippen LogP contribution in [0.1, 0.15) is 38.8 Å². The summed E-state index contributed by atoms with van der Waals surface area (Å²) in [4.78, 5) is 11.3. The number of carbonyl (C=O) groups is 1. The fourth-order valence-corrected chi connectivity index (χ4v) is 3.50. The SMILES string of the molecule is C=C(CC(N[S+]([O-])C(C)(C)C)c1cc(Cl)ccc1-c1cnn(C)c1)C(=O)O. The Morgan fingerprint density at radius 2 is 2.15 bits per heavy atom. The average Bonchev–Trinajstić information content (AvgIpc) is 2.99. The van der Waals surface area contributed by atoms with Crippen LogP contribution in [-0.4, -0.2) is 30.2 Å². The Kier molecular flexibility index (Phi) is 6.75. The van der Waals surface area contributed by atoms with Crippen LogP contribution in [-0.2, 0) is 23.2 Å². The molecule has 0 bridgehead atoms. The van der Waals surface area contributed by atoms with E-state index in [4.69, 9.17) is 11.6 Å². The first-order chi connectivity index (χ1) is 12.5. The van der Waals surface area contributed by atoms with Gasteiger partial charge >= 0.3 is 5.97 Å². The van der Waals surface area contributed by atoms with Crippen LogP contribution in [0.2, 0.25) is 5.02 Å². The maximum absolute atomic E-state index is 12.7. The molecule has 0 aliphatic heterocycles. The Labute approximate surface area is 167 Å². The van der Waals surface area contributed by atoms with Crippen molar-refractivity contribution in [2.24, 2.45) is 7.05 Å². The minimum Gasteiger partial charge on any atom is -0.598 e. The van der Waals surface area contributed by atoms with Gasteiger partial charge in [0.1, 0.15) is 4.75 Å². The Hall–Kier alpha value is -1.80. The van der Waals surface area contributed by atoms with Crippen LogP contribution in [0.4, 0.5) is 0 Å². The van der Waals surface area contributed by atoms with Gasteiger partial charge in [0.25, 0.3) is 0 Å². The van der Waals surface area contributed by atoms with Gasteiger partial charge in [0, 0.05) is 47.2 Å². The monoisotopic (exact) mass is 409 g/mol. The van der Waals surface area contributed by atoms with Crippen molar-refractivity contribution in [3.63, 3.8) is 0 Å². The van der Waals surface area contributed by atoms with Crippen molar-refractivity contribution in [2.45, 2.75) is 38.0 Å². The van der Waals surface area contributed by atoms with Crippen molar-refractivity contribution in [1.29, 1.82) is 0 Å². The van der Waals surface area contributed by atoms with Crippen LogP contribution < -0.4 is 4.72 Å². The zero-order chi connectivity index (χ0) is 20.4. The summed E-state index contributed by atoms with van der Waals surface area (Å²) in [6.07, 6.45) is 3.66. The first kappa shape index (κ1) is 21.5. The number of hydrogen-bond donors (Lipinski definition) is 2. The molecule has 0 spiro atoms. The molecule has 0 saturated heterocycles. The highest BCUT2D eigenvalue weighted by Crippen LogP contribution is 2.34. The number of benzene rings is 1. The molecule has 1 aromatic carbocycles. The zero-order valence-electron chi connectivity index (χ0n) is 15.8. The van der Waals surface area contributed by atoms with Gasteiger partial charge in [-0.05, 0) is 44.0 Å². The summed E-state index contributed by atoms with van der Waals surface area (Å²) in [5.74, 6) is -1.09. The van der Waals surface area contributed by atoms with E-state index in [9.17, 15) is 14.5 Å². The number of carboxylic acids is 1. The molecule has 0 radical (unpaired) electrons. The quantitative estimate of drug-likeness (QED) is 0.535. The number of halogens is 1. The molecule has 0 aliphatic rings. The van der Waals surface area contributed by atoms with Crippen LogP contribution in [0, 0.1) is 0 Å². The van der Waals surface area contributed by atoms with Crippen molar-refractivity contribution in [1.82, 2.24) is 14.5 Å². The van der Waals surface area contributed by atoms with Gasteiger partial charge < -0.3 is 9.66 Å². The van der Waals surface area contributed by atoms with E-state index < -0.39 is 28.1 Å². The Balaban J connectivity index is 2.51. The van der Waals surface area contributed by atoms with Gasteiger partial charge in [-0.1, -0.05) is 24.2 Å². The molecule has 0 aliphatic carbocycles. The molecule has 6 nitrogen and oxygen atoms in total. The summed E-state index contributed by atoms with van der Waals surface area (Å²) in [6.45, 7) is 9.17. The fourth-order valence-electron chi connectivity index (χ4n) is 2.50. The maximum atomic E-state index is 12.7. The number of aliphatic carboxylic acids is 1. The number of aromatic nitrogens is 2. The van der Waals surface area contributed by atoms with E-state index in [1.54, 1.807) is 23.0 Å². The average molecular weight is 410 g/mol. The van der Waals surface area contributed by atoms with Crippen LogP contribution in [0.25, 0.3) is 11.1 Å². The molecule has 1 aromatic heterocycles. The van der Waals surface area contributed by atoms with Crippen molar-refractivity contribution in [2.75, 3.05) is 0 Å². The summed E-state index contributed by atoms with van der Waals surface area (Å²) in [7, 11) is 1.82. The van der Waals surface area contributed by atoms with E-state index in [0.717, 1.165) is 16.7 Å².